The molecule has 2 aliphatic rings. The first-order valence-electron chi connectivity index (χ1n) is 5.08. The van der Waals surface area contributed by atoms with Gasteiger partial charge in [-0.25, -0.2) is 0 Å². The molecule has 2 bridgehead atoms. The van der Waals surface area contributed by atoms with E-state index in [-0.39, 0.29) is 18.2 Å². The highest BCUT2D eigenvalue weighted by Gasteiger charge is 2.35. The van der Waals surface area contributed by atoms with Crippen molar-refractivity contribution in [1.82, 2.24) is 0 Å². The largest absolute Gasteiger partial charge is 0.460 e. The lowest BCUT2D eigenvalue weighted by atomic mass is 9.99. The van der Waals surface area contributed by atoms with E-state index in [2.05, 4.69) is 0 Å². The fourth-order valence-corrected chi connectivity index (χ4v) is 2.30. The number of fused-ring (bicyclic) bond motifs is 2. The summed E-state index contributed by atoms with van der Waals surface area (Å²) in [4.78, 5) is 10.8. The molecule has 0 spiro atoms. The predicted octanol–water partition coefficient (Wildman–Crippen LogP) is 1.65. The number of ether oxygens (including phenoxy) is 2. The zero-order valence-corrected chi connectivity index (χ0v) is 7.99. The molecule has 3 heteroatoms. The van der Waals surface area contributed by atoms with Crippen molar-refractivity contribution in [3.05, 3.63) is 0 Å². The third-order valence-electron chi connectivity index (χ3n) is 2.89. The molecule has 3 nitrogen and oxygen atoms in total. The van der Waals surface area contributed by atoms with Gasteiger partial charge in [0.25, 0.3) is 0 Å². The van der Waals surface area contributed by atoms with Crippen LogP contribution in [0, 0.1) is 0 Å². The van der Waals surface area contributed by atoms with E-state index < -0.39 is 0 Å². The molecule has 3 unspecified atom stereocenters. The topological polar surface area (TPSA) is 35.5 Å². The zero-order chi connectivity index (χ0) is 9.26. The summed E-state index contributed by atoms with van der Waals surface area (Å²) in [7, 11) is 0. The molecule has 0 aromatic heterocycles. The SMILES string of the molecule is CC(=O)OC1CCCC2CCC1O2. The van der Waals surface area contributed by atoms with Crippen LogP contribution < -0.4 is 0 Å². The Morgan fingerprint density at radius 1 is 1.31 bits per heavy atom. The van der Waals surface area contributed by atoms with Crippen molar-refractivity contribution in [1.29, 1.82) is 0 Å². The number of rotatable bonds is 1. The molecule has 0 aromatic rings. The van der Waals surface area contributed by atoms with Crippen LogP contribution in [0.15, 0.2) is 0 Å². The fourth-order valence-electron chi connectivity index (χ4n) is 2.30. The molecular weight excluding hydrogens is 168 g/mol. The number of hydrogen-bond donors (Lipinski definition) is 0. The Bertz CT molecular complexity index is 202. The van der Waals surface area contributed by atoms with Gasteiger partial charge >= 0.3 is 5.97 Å². The molecule has 0 radical (unpaired) electrons. The van der Waals surface area contributed by atoms with Crippen LogP contribution >= 0.6 is 0 Å². The van der Waals surface area contributed by atoms with E-state index in [1.165, 1.54) is 6.92 Å². The van der Waals surface area contributed by atoms with Crippen molar-refractivity contribution < 1.29 is 14.3 Å². The fraction of sp³-hybridized carbons (Fsp3) is 0.900. The number of carbonyl (C=O) groups is 1. The summed E-state index contributed by atoms with van der Waals surface area (Å²) in [5, 5.41) is 0. The molecule has 0 saturated carbocycles. The maximum absolute atomic E-state index is 10.8. The second kappa shape index (κ2) is 3.66. The second-order valence-corrected chi connectivity index (χ2v) is 3.95. The van der Waals surface area contributed by atoms with E-state index in [9.17, 15) is 4.79 Å². The van der Waals surface area contributed by atoms with Gasteiger partial charge in [-0.3, -0.25) is 4.79 Å². The molecule has 0 N–H and O–H groups in total. The van der Waals surface area contributed by atoms with Crippen LogP contribution in [-0.2, 0) is 14.3 Å². The maximum Gasteiger partial charge on any atom is 0.302 e. The molecule has 2 saturated heterocycles. The smallest absolute Gasteiger partial charge is 0.302 e. The number of esters is 1. The summed E-state index contributed by atoms with van der Waals surface area (Å²) in [6.45, 7) is 1.47. The summed E-state index contributed by atoms with van der Waals surface area (Å²) >= 11 is 0. The van der Waals surface area contributed by atoms with Gasteiger partial charge in [-0.05, 0) is 32.1 Å². The molecule has 2 heterocycles. The summed E-state index contributed by atoms with van der Waals surface area (Å²) in [6, 6.07) is 0. The standard InChI is InChI=1S/C10H16O3/c1-7(11)12-9-4-2-3-8-5-6-10(9)13-8/h8-10H,2-6H2,1H3. The highest BCUT2D eigenvalue weighted by atomic mass is 16.6. The first kappa shape index (κ1) is 9.00. The average molecular weight is 184 g/mol. The Morgan fingerprint density at radius 2 is 2.15 bits per heavy atom. The van der Waals surface area contributed by atoms with Crippen molar-refractivity contribution in [3.63, 3.8) is 0 Å². The Hall–Kier alpha value is -0.570. The molecule has 2 fully saturated rings. The summed E-state index contributed by atoms with van der Waals surface area (Å²) in [5.41, 5.74) is 0. The molecular formula is C10H16O3. The third kappa shape index (κ3) is 2.02. The Kier molecular flexibility index (Phi) is 2.54. The lowest BCUT2D eigenvalue weighted by Crippen LogP contribution is -2.29. The van der Waals surface area contributed by atoms with Gasteiger partial charge in [0.15, 0.2) is 0 Å². The number of hydrogen-bond acceptors (Lipinski definition) is 3. The highest BCUT2D eigenvalue weighted by molar-refractivity contribution is 5.66. The zero-order valence-electron chi connectivity index (χ0n) is 7.99. The van der Waals surface area contributed by atoms with E-state index >= 15 is 0 Å². The predicted molar refractivity (Wildman–Crippen MR) is 47.3 cm³/mol. The van der Waals surface area contributed by atoms with Crippen molar-refractivity contribution in [2.24, 2.45) is 0 Å². The lowest BCUT2D eigenvalue weighted by molar-refractivity contribution is -0.153. The van der Waals surface area contributed by atoms with Gasteiger partial charge in [0.2, 0.25) is 0 Å². The van der Waals surface area contributed by atoms with Crippen molar-refractivity contribution in [3.8, 4) is 0 Å². The van der Waals surface area contributed by atoms with Crippen LogP contribution in [0.1, 0.15) is 39.0 Å². The van der Waals surface area contributed by atoms with E-state index in [0.29, 0.717) is 6.10 Å². The van der Waals surface area contributed by atoms with Crippen LogP contribution in [0.25, 0.3) is 0 Å². The van der Waals surface area contributed by atoms with Gasteiger partial charge < -0.3 is 9.47 Å². The van der Waals surface area contributed by atoms with Gasteiger partial charge in [0.1, 0.15) is 6.10 Å². The molecule has 2 aliphatic heterocycles. The van der Waals surface area contributed by atoms with Crippen LogP contribution in [0.4, 0.5) is 0 Å². The summed E-state index contributed by atoms with van der Waals surface area (Å²) in [6.07, 6.45) is 6.06. The van der Waals surface area contributed by atoms with Crippen molar-refractivity contribution in [2.45, 2.75) is 57.3 Å². The quantitative estimate of drug-likeness (QED) is 0.581. The Morgan fingerprint density at radius 3 is 2.92 bits per heavy atom. The van der Waals surface area contributed by atoms with Crippen molar-refractivity contribution >= 4 is 5.97 Å². The molecule has 74 valence electrons. The first-order valence-corrected chi connectivity index (χ1v) is 5.08. The Balaban J connectivity index is 1.97. The highest BCUT2D eigenvalue weighted by Crippen LogP contribution is 2.32. The average Bonchev–Trinajstić information content (AvgIpc) is 2.40. The number of carbonyl (C=O) groups excluding carboxylic acids is 1. The van der Waals surface area contributed by atoms with Crippen molar-refractivity contribution in [2.75, 3.05) is 0 Å². The minimum atomic E-state index is -0.182. The molecule has 2 rings (SSSR count). The third-order valence-corrected chi connectivity index (χ3v) is 2.89. The van der Waals surface area contributed by atoms with E-state index in [4.69, 9.17) is 9.47 Å². The lowest BCUT2D eigenvalue weighted by Gasteiger charge is -2.20. The second-order valence-electron chi connectivity index (χ2n) is 3.95. The van der Waals surface area contributed by atoms with Crippen LogP contribution in [0.5, 0.6) is 0 Å². The summed E-state index contributed by atoms with van der Waals surface area (Å²) in [5.74, 6) is -0.182. The van der Waals surface area contributed by atoms with E-state index in [1.54, 1.807) is 0 Å². The molecule has 0 aliphatic carbocycles. The van der Waals surface area contributed by atoms with Gasteiger partial charge in [0, 0.05) is 6.92 Å². The van der Waals surface area contributed by atoms with Crippen LogP contribution in [0.2, 0.25) is 0 Å². The molecule has 13 heavy (non-hydrogen) atoms. The Labute approximate surface area is 78.4 Å². The molecule has 3 atom stereocenters. The first-order chi connectivity index (χ1) is 6.25. The van der Waals surface area contributed by atoms with Crippen LogP contribution in [-0.4, -0.2) is 24.3 Å². The van der Waals surface area contributed by atoms with Gasteiger partial charge in [-0.1, -0.05) is 0 Å². The van der Waals surface area contributed by atoms with Gasteiger partial charge in [-0.15, -0.1) is 0 Å². The van der Waals surface area contributed by atoms with Gasteiger partial charge in [-0.2, -0.15) is 0 Å². The van der Waals surface area contributed by atoms with Crippen LogP contribution in [0.3, 0.4) is 0 Å². The molecule has 0 amide bonds. The van der Waals surface area contributed by atoms with E-state index in [0.717, 1.165) is 32.1 Å². The minimum Gasteiger partial charge on any atom is -0.460 e. The monoisotopic (exact) mass is 184 g/mol. The molecule has 0 aromatic carbocycles. The van der Waals surface area contributed by atoms with Gasteiger partial charge in [0.05, 0.1) is 12.2 Å². The minimum absolute atomic E-state index is 0.0185. The maximum atomic E-state index is 10.8. The normalized spacial score (nSPS) is 38.4. The summed E-state index contributed by atoms with van der Waals surface area (Å²) < 4.78 is 11.0. The van der Waals surface area contributed by atoms with E-state index in [1.807, 2.05) is 0 Å².